The van der Waals surface area contributed by atoms with Crippen LogP contribution in [0.2, 0.25) is 0 Å². The lowest BCUT2D eigenvalue weighted by Crippen LogP contribution is -2.33. The molecule has 1 N–H and O–H groups in total. The van der Waals surface area contributed by atoms with Crippen LogP contribution in [-0.2, 0) is 16.0 Å². The van der Waals surface area contributed by atoms with Crippen molar-refractivity contribution in [3.8, 4) is 11.5 Å². The predicted octanol–water partition coefficient (Wildman–Crippen LogP) is 2.97. The Balaban J connectivity index is 1.50. The fraction of sp³-hybridized carbons (Fsp3) is 0.300. The van der Waals surface area contributed by atoms with E-state index in [4.69, 9.17) is 9.47 Å². The number of carbonyl (C=O) groups is 2. The van der Waals surface area contributed by atoms with E-state index >= 15 is 0 Å². The Morgan fingerprint density at radius 2 is 1.89 bits per heavy atom. The van der Waals surface area contributed by atoms with E-state index < -0.39 is 0 Å². The first kappa shape index (κ1) is 18.7. The van der Waals surface area contributed by atoms with Gasteiger partial charge < -0.3 is 19.7 Å². The molecule has 0 saturated carbocycles. The lowest BCUT2D eigenvalue weighted by Gasteiger charge is -2.21. The SMILES string of the molecule is CC(=O)N(CCC(=O)Nc1ccc2c(c1)OCO2)CCc1ccccc1F. The van der Waals surface area contributed by atoms with Gasteiger partial charge in [-0.2, -0.15) is 0 Å². The zero-order valence-corrected chi connectivity index (χ0v) is 15.0. The summed E-state index contributed by atoms with van der Waals surface area (Å²) < 4.78 is 24.2. The van der Waals surface area contributed by atoms with Gasteiger partial charge in [0.2, 0.25) is 18.6 Å². The summed E-state index contributed by atoms with van der Waals surface area (Å²) in [7, 11) is 0. The van der Waals surface area contributed by atoms with Crippen molar-refractivity contribution in [3.05, 3.63) is 53.8 Å². The Morgan fingerprint density at radius 1 is 1.11 bits per heavy atom. The van der Waals surface area contributed by atoms with Crippen LogP contribution in [0.25, 0.3) is 0 Å². The average molecular weight is 372 g/mol. The van der Waals surface area contributed by atoms with Gasteiger partial charge in [0, 0.05) is 38.2 Å². The smallest absolute Gasteiger partial charge is 0.231 e. The summed E-state index contributed by atoms with van der Waals surface area (Å²) in [6.07, 6.45) is 0.543. The standard InChI is InChI=1S/C20H21FN2O4/c1-14(24)23(10-8-15-4-2-3-5-17(15)21)11-9-20(25)22-16-6-7-18-19(12-16)27-13-26-18/h2-7,12H,8-11,13H2,1H3,(H,22,25). The highest BCUT2D eigenvalue weighted by Gasteiger charge is 2.15. The number of nitrogens with one attached hydrogen (secondary N) is 1. The van der Waals surface area contributed by atoms with Crippen LogP contribution in [0.1, 0.15) is 18.9 Å². The number of fused-ring (bicyclic) bond motifs is 1. The molecule has 1 aliphatic rings. The number of rotatable bonds is 7. The Bertz CT molecular complexity index is 840. The van der Waals surface area contributed by atoms with Gasteiger partial charge in [-0.15, -0.1) is 0 Å². The first-order chi connectivity index (χ1) is 13.0. The Hall–Kier alpha value is -3.09. The molecule has 0 atom stereocenters. The first-order valence-electron chi connectivity index (χ1n) is 8.71. The third-order valence-electron chi connectivity index (χ3n) is 4.32. The zero-order chi connectivity index (χ0) is 19.2. The van der Waals surface area contributed by atoms with Crippen molar-refractivity contribution in [2.24, 2.45) is 0 Å². The molecule has 7 heteroatoms. The molecule has 1 heterocycles. The third-order valence-corrected chi connectivity index (χ3v) is 4.32. The molecule has 2 aromatic carbocycles. The summed E-state index contributed by atoms with van der Waals surface area (Å²) in [6, 6.07) is 11.6. The van der Waals surface area contributed by atoms with Crippen LogP contribution in [0.4, 0.5) is 10.1 Å². The number of nitrogens with zero attached hydrogens (tertiary/aromatic N) is 1. The van der Waals surface area contributed by atoms with Crippen molar-refractivity contribution >= 4 is 17.5 Å². The van der Waals surface area contributed by atoms with Crippen molar-refractivity contribution in [2.45, 2.75) is 19.8 Å². The van der Waals surface area contributed by atoms with Crippen LogP contribution in [0, 0.1) is 5.82 Å². The molecule has 0 aromatic heterocycles. The normalized spacial score (nSPS) is 11.9. The maximum Gasteiger partial charge on any atom is 0.231 e. The van der Waals surface area contributed by atoms with E-state index in [1.807, 2.05) is 0 Å². The Morgan fingerprint density at radius 3 is 2.67 bits per heavy atom. The summed E-state index contributed by atoms with van der Waals surface area (Å²) >= 11 is 0. The summed E-state index contributed by atoms with van der Waals surface area (Å²) in [5.41, 5.74) is 1.15. The van der Waals surface area contributed by atoms with Gasteiger partial charge in [-0.05, 0) is 30.2 Å². The minimum absolute atomic E-state index is 0.144. The molecular weight excluding hydrogens is 351 g/mol. The third kappa shape index (κ3) is 4.97. The second-order valence-corrected chi connectivity index (χ2v) is 6.21. The van der Waals surface area contributed by atoms with Crippen molar-refractivity contribution in [2.75, 3.05) is 25.2 Å². The highest BCUT2D eigenvalue weighted by Crippen LogP contribution is 2.34. The fourth-order valence-corrected chi connectivity index (χ4v) is 2.82. The molecule has 1 aliphatic heterocycles. The summed E-state index contributed by atoms with van der Waals surface area (Å²) in [4.78, 5) is 25.6. The number of amides is 2. The molecule has 0 fully saturated rings. The highest BCUT2D eigenvalue weighted by molar-refractivity contribution is 5.91. The van der Waals surface area contributed by atoms with E-state index in [1.54, 1.807) is 41.3 Å². The molecule has 0 spiro atoms. The van der Waals surface area contributed by atoms with E-state index in [0.717, 1.165) is 0 Å². The molecule has 142 valence electrons. The maximum absolute atomic E-state index is 13.7. The average Bonchev–Trinajstić information content (AvgIpc) is 3.10. The Kier molecular flexibility index (Phi) is 5.90. The lowest BCUT2D eigenvalue weighted by atomic mass is 10.1. The van der Waals surface area contributed by atoms with Crippen LogP contribution in [0.15, 0.2) is 42.5 Å². The van der Waals surface area contributed by atoms with E-state index in [2.05, 4.69) is 5.32 Å². The van der Waals surface area contributed by atoms with E-state index in [9.17, 15) is 14.0 Å². The monoisotopic (exact) mass is 372 g/mol. The van der Waals surface area contributed by atoms with Crippen molar-refractivity contribution in [1.82, 2.24) is 4.90 Å². The van der Waals surface area contributed by atoms with E-state index in [1.165, 1.54) is 13.0 Å². The number of hydrogen-bond donors (Lipinski definition) is 1. The van der Waals surface area contributed by atoms with Crippen LogP contribution in [-0.4, -0.2) is 36.6 Å². The molecule has 27 heavy (non-hydrogen) atoms. The number of benzene rings is 2. The quantitative estimate of drug-likeness (QED) is 0.811. The molecule has 6 nitrogen and oxygen atoms in total. The van der Waals surface area contributed by atoms with Gasteiger partial charge >= 0.3 is 0 Å². The molecule has 2 aromatic rings. The van der Waals surface area contributed by atoms with Crippen LogP contribution in [0.3, 0.4) is 0 Å². The molecule has 0 saturated heterocycles. The topological polar surface area (TPSA) is 67.9 Å². The molecule has 0 unspecified atom stereocenters. The predicted molar refractivity (Wildman–Crippen MR) is 98.2 cm³/mol. The zero-order valence-electron chi connectivity index (χ0n) is 15.0. The summed E-state index contributed by atoms with van der Waals surface area (Å²) in [5.74, 6) is 0.571. The number of halogens is 1. The van der Waals surface area contributed by atoms with Gasteiger partial charge in [-0.3, -0.25) is 9.59 Å². The van der Waals surface area contributed by atoms with Gasteiger partial charge in [0.15, 0.2) is 11.5 Å². The van der Waals surface area contributed by atoms with Crippen molar-refractivity contribution < 1.29 is 23.5 Å². The molecule has 3 rings (SSSR count). The minimum Gasteiger partial charge on any atom is -0.454 e. The summed E-state index contributed by atoms with van der Waals surface area (Å²) in [5, 5.41) is 2.78. The molecule has 0 aliphatic carbocycles. The number of anilines is 1. The van der Waals surface area contributed by atoms with Crippen molar-refractivity contribution in [1.29, 1.82) is 0 Å². The van der Waals surface area contributed by atoms with E-state index in [0.29, 0.717) is 35.7 Å². The maximum atomic E-state index is 13.7. The highest BCUT2D eigenvalue weighted by atomic mass is 19.1. The van der Waals surface area contributed by atoms with Gasteiger partial charge in [-0.1, -0.05) is 18.2 Å². The molecule has 0 bridgehead atoms. The lowest BCUT2D eigenvalue weighted by molar-refractivity contribution is -0.129. The van der Waals surface area contributed by atoms with Crippen LogP contribution in [0.5, 0.6) is 11.5 Å². The fourth-order valence-electron chi connectivity index (χ4n) is 2.82. The van der Waals surface area contributed by atoms with Gasteiger partial charge in [-0.25, -0.2) is 4.39 Å². The minimum atomic E-state index is -0.290. The van der Waals surface area contributed by atoms with Gasteiger partial charge in [0.05, 0.1) is 0 Å². The van der Waals surface area contributed by atoms with E-state index in [-0.39, 0.29) is 37.4 Å². The molecule has 0 radical (unpaired) electrons. The second-order valence-electron chi connectivity index (χ2n) is 6.21. The van der Waals surface area contributed by atoms with Crippen molar-refractivity contribution in [3.63, 3.8) is 0 Å². The number of ether oxygens (including phenoxy) is 2. The largest absolute Gasteiger partial charge is 0.454 e. The number of hydrogen-bond acceptors (Lipinski definition) is 4. The van der Waals surface area contributed by atoms with Gasteiger partial charge in [0.1, 0.15) is 5.82 Å². The van der Waals surface area contributed by atoms with Gasteiger partial charge in [0.25, 0.3) is 0 Å². The number of carbonyl (C=O) groups excluding carboxylic acids is 2. The van der Waals surface area contributed by atoms with Crippen LogP contribution >= 0.6 is 0 Å². The first-order valence-corrected chi connectivity index (χ1v) is 8.71. The second kappa shape index (κ2) is 8.53. The Labute approximate surface area is 156 Å². The summed E-state index contributed by atoms with van der Waals surface area (Å²) in [6.45, 7) is 2.23. The molecular formula is C20H21FN2O4. The van der Waals surface area contributed by atoms with Crippen LogP contribution < -0.4 is 14.8 Å². The molecule has 2 amide bonds.